The summed E-state index contributed by atoms with van der Waals surface area (Å²) in [5, 5.41) is 13.5. The third-order valence-corrected chi connectivity index (χ3v) is 3.07. The summed E-state index contributed by atoms with van der Waals surface area (Å²) in [4.78, 5) is 34.3. The molecular formula is C17H16N2O5. The quantitative estimate of drug-likeness (QED) is 0.515. The van der Waals surface area contributed by atoms with E-state index in [1.54, 1.807) is 19.9 Å². The zero-order valence-corrected chi connectivity index (χ0v) is 13.2. The second-order valence-corrected chi connectivity index (χ2v) is 5.26. The summed E-state index contributed by atoms with van der Waals surface area (Å²) in [6, 6.07) is 11.8. The molecule has 0 saturated heterocycles. The van der Waals surface area contributed by atoms with Crippen molar-refractivity contribution >= 4 is 23.3 Å². The van der Waals surface area contributed by atoms with Crippen LogP contribution in [-0.4, -0.2) is 22.9 Å². The number of carbonyl (C=O) groups is 2. The predicted molar refractivity (Wildman–Crippen MR) is 88.0 cm³/mol. The third kappa shape index (κ3) is 4.16. The lowest BCUT2D eigenvalue weighted by molar-refractivity contribution is -0.385. The fourth-order valence-electron chi connectivity index (χ4n) is 2.00. The molecule has 0 heterocycles. The van der Waals surface area contributed by atoms with Gasteiger partial charge in [-0.05, 0) is 44.2 Å². The van der Waals surface area contributed by atoms with E-state index in [4.69, 9.17) is 4.74 Å². The fraction of sp³-hybridized carbons (Fsp3) is 0.176. The Bertz CT molecular complexity index is 769. The number of carbonyl (C=O) groups excluding carboxylic acids is 2. The van der Waals surface area contributed by atoms with Crippen molar-refractivity contribution in [3.63, 3.8) is 0 Å². The molecule has 0 aliphatic rings. The van der Waals surface area contributed by atoms with Crippen molar-refractivity contribution in [2.75, 3.05) is 5.32 Å². The van der Waals surface area contributed by atoms with Gasteiger partial charge in [0.15, 0.2) is 0 Å². The molecule has 2 rings (SSSR count). The van der Waals surface area contributed by atoms with E-state index in [-0.39, 0.29) is 17.4 Å². The molecule has 2 aromatic carbocycles. The van der Waals surface area contributed by atoms with Crippen LogP contribution in [0.2, 0.25) is 0 Å². The number of hydrogen-bond donors (Lipinski definition) is 1. The van der Waals surface area contributed by atoms with Crippen LogP contribution in [0.1, 0.15) is 34.6 Å². The molecule has 0 aliphatic carbocycles. The van der Waals surface area contributed by atoms with Crippen LogP contribution in [-0.2, 0) is 4.74 Å². The molecule has 0 bridgehead atoms. The van der Waals surface area contributed by atoms with Crippen LogP contribution in [0.3, 0.4) is 0 Å². The van der Waals surface area contributed by atoms with Crippen LogP contribution in [0, 0.1) is 10.1 Å². The van der Waals surface area contributed by atoms with Crippen molar-refractivity contribution in [3.8, 4) is 0 Å². The van der Waals surface area contributed by atoms with Crippen molar-refractivity contribution in [2.24, 2.45) is 0 Å². The third-order valence-electron chi connectivity index (χ3n) is 3.07. The van der Waals surface area contributed by atoms with Crippen LogP contribution in [0.25, 0.3) is 0 Å². The Morgan fingerprint density at radius 2 is 1.71 bits per heavy atom. The van der Waals surface area contributed by atoms with Crippen LogP contribution >= 0.6 is 0 Å². The molecule has 0 aromatic heterocycles. The van der Waals surface area contributed by atoms with Gasteiger partial charge in [0.05, 0.1) is 16.6 Å². The number of nitro groups is 1. The van der Waals surface area contributed by atoms with Gasteiger partial charge in [0.2, 0.25) is 0 Å². The molecule has 2 aromatic rings. The standard InChI is InChI=1S/C17H16N2O5/c1-11(2)24-17(21)12-7-9-13(10-8-12)18-16(20)14-5-3-4-6-15(14)19(22)23/h3-11H,1-2H3,(H,18,20). The average molecular weight is 328 g/mol. The van der Waals surface area contributed by atoms with Gasteiger partial charge in [-0.2, -0.15) is 0 Å². The largest absolute Gasteiger partial charge is 0.459 e. The maximum Gasteiger partial charge on any atom is 0.338 e. The van der Waals surface area contributed by atoms with Crippen LogP contribution in [0.5, 0.6) is 0 Å². The van der Waals surface area contributed by atoms with E-state index in [9.17, 15) is 19.7 Å². The highest BCUT2D eigenvalue weighted by molar-refractivity contribution is 6.07. The van der Waals surface area contributed by atoms with Gasteiger partial charge in [0, 0.05) is 11.8 Å². The molecule has 0 fully saturated rings. The topological polar surface area (TPSA) is 98.5 Å². The molecule has 0 aliphatic heterocycles. The minimum absolute atomic E-state index is 0.0363. The SMILES string of the molecule is CC(C)OC(=O)c1ccc(NC(=O)c2ccccc2[N+](=O)[O-])cc1. The Labute approximate surface area is 138 Å². The zero-order valence-electron chi connectivity index (χ0n) is 13.2. The van der Waals surface area contributed by atoms with Crippen LogP contribution < -0.4 is 5.32 Å². The fourth-order valence-corrected chi connectivity index (χ4v) is 2.00. The van der Waals surface area contributed by atoms with Gasteiger partial charge >= 0.3 is 5.97 Å². The molecule has 0 saturated carbocycles. The van der Waals surface area contributed by atoms with Crippen molar-refractivity contribution < 1.29 is 19.2 Å². The maximum absolute atomic E-state index is 12.2. The van der Waals surface area contributed by atoms with Crippen LogP contribution in [0.15, 0.2) is 48.5 Å². The van der Waals surface area contributed by atoms with E-state index in [0.717, 1.165) is 0 Å². The second kappa shape index (κ2) is 7.36. The highest BCUT2D eigenvalue weighted by Crippen LogP contribution is 2.19. The first-order chi connectivity index (χ1) is 11.4. The number of esters is 1. The molecule has 1 N–H and O–H groups in total. The number of nitrogens with one attached hydrogen (secondary N) is 1. The number of ether oxygens (including phenoxy) is 1. The van der Waals surface area contributed by atoms with Crippen molar-refractivity contribution in [3.05, 3.63) is 69.8 Å². The number of amides is 1. The van der Waals surface area contributed by atoms with Crippen molar-refractivity contribution in [2.45, 2.75) is 20.0 Å². The normalized spacial score (nSPS) is 10.3. The van der Waals surface area contributed by atoms with Gasteiger partial charge in [-0.3, -0.25) is 14.9 Å². The number of nitrogens with zero attached hydrogens (tertiary/aromatic N) is 1. The highest BCUT2D eigenvalue weighted by Gasteiger charge is 2.19. The summed E-state index contributed by atoms with van der Waals surface area (Å²) >= 11 is 0. The first-order valence-corrected chi connectivity index (χ1v) is 7.24. The Morgan fingerprint density at radius 1 is 1.08 bits per heavy atom. The Kier molecular flexibility index (Phi) is 5.26. The molecule has 0 radical (unpaired) electrons. The van der Waals surface area contributed by atoms with Crippen molar-refractivity contribution in [1.82, 2.24) is 0 Å². The van der Waals surface area contributed by atoms with Crippen molar-refractivity contribution in [1.29, 1.82) is 0 Å². The molecule has 0 spiro atoms. The van der Waals surface area contributed by atoms with E-state index in [2.05, 4.69) is 5.32 Å². The van der Waals surface area contributed by atoms with Crippen LogP contribution in [0.4, 0.5) is 11.4 Å². The zero-order chi connectivity index (χ0) is 17.7. The smallest absolute Gasteiger partial charge is 0.338 e. The molecule has 7 heteroatoms. The van der Waals surface area contributed by atoms with E-state index < -0.39 is 16.8 Å². The van der Waals surface area contributed by atoms with E-state index in [1.807, 2.05) is 0 Å². The summed E-state index contributed by atoms with van der Waals surface area (Å²) in [6.45, 7) is 3.50. The average Bonchev–Trinajstić information content (AvgIpc) is 2.54. The lowest BCUT2D eigenvalue weighted by atomic mass is 10.1. The minimum atomic E-state index is -0.611. The summed E-state index contributed by atoms with van der Waals surface area (Å²) in [5.41, 5.74) is 0.463. The number of nitro benzene ring substituents is 1. The summed E-state index contributed by atoms with van der Waals surface area (Å²) in [6.07, 6.45) is -0.226. The van der Waals surface area contributed by atoms with Gasteiger partial charge in [-0.1, -0.05) is 12.1 Å². The molecule has 1 amide bonds. The minimum Gasteiger partial charge on any atom is -0.459 e. The molecule has 0 atom stereocenters. The van der Waals surface area contributed by atoms with E-state index in [1.165, 1.54) is 42.5 Å². The molecular weight excluding hydrogens is 312 g/mol. The summed E-state index contributed by atoms with van der Waals surface area (Å²) in [5.74, 6) is -1.05. The predicted octanol–water partition coefficient (Wildman–Crippen LogP) is 3.41. The first kappa shape index (κ1) is 17.1. The number of para-hydroxylation sites is 1. The van der Waals surface area contributed by atoms with E-state index >= 15 is 0 Å². The van der Waals surface area contributed by atoms with Gasteiger partial charge in [-0.15, -0.1) is 0 Å². The first-order valence-electron chi connectivity index (χ1n) is 7.24. The summed E-state index contributed by atoms with van der Waals surface area (Å²) in [7, 11) is 0. The number of hydrogen-bond acceptors (Lipinski definition) is 5. The molecule has 7 nitrogen and oxygen atoms in total. The maximum atomic E-state index is 12.2. The Morgan fingerprint density at radius 3 is 2.29 bits per heavy atom. The lowest BCUT2D eigenvalue weighted by Gasteiger charge is -2.09. The van der Waals surface area contributed by atoms with Gasteiger partial charge in [0.25, 0.3) is 11.6 Å². The monoisotopic (exact) mass is 328 g/mol. The van der Waals surface area contributed by atoms with E-state index in [0.29, 0.717) is 11.3 Å². The molecule has 24 heavy (non-hydrogen) atoms. The van der Waals surface area contributed by atoms with Gasteiger partial charge in [-0.25, -0.2) is 4.79 Å². The molecule has 124 valence electrons. The Hall–Kier alpha value is -3.22. The molecule has 0 unspecified atom stereocenters. The number of anilines is 1. The number of benzene rings is 2. The lowest BCUT2D eigenvalue weighted by Crippen LogP contribution is -2.14. The van der Waals surface area contributed by atoms with Gasteiger partial charge in [0.1, 0.15) is 5.56 Å². The Balaban J connectivity index is 2.13. The van der Waals surface area contributed by atoms with Gasteiger partial charge < -0.3 is 10.1 Å². The second-order valence-electron chi connectivity index (χ2n) is 5.26. The highest BCUT2D eigenvalue weighted by atomic mass is 16.6. The number of rotatable bonds is 5. The summed E-state index contributed by atoms with van der Waals surface area (Å²) < 4.78 is 5.07.